The topological polar surface area (TPSA) is 93.4 Å². The minimum Gasteiger partial charge on any atom is -0.326 e. The van der Waals surface area contributed by atoms with Crippen molar-refractivity contribution in [3.8, 4) is 11.3 Å². The Morgan fingerprint density at radius 1 is 0.947 bits per heavy atom. The summed E-state index contributed by atoms with van der Waals surface area (Å²) in [5.41, 5.74) is 3.93. The first-order valence-corrected chi connectivity index (χ1v) is 12.4. The second-order valence-electron chi connectivity index (χ2n) is 9.48. The highest BCUT2D eigenvalue weighted by Gasteiger charge is 2.16. The van der Waals surface area contributed by atoms with E-state index in [-0.39, 0.29) is 5.69 Å². The highest BCUT2D eigenvalue weighted by molar-refractivity contribution is 6.08. The van der Waals surface area contributed by atoms with E-state index in [9.17, 15) is 18.4 Å². The Hall–Kier alpha value is -4.15. The highest BCUT2D eigenvalue weighted by Crippen LogP contribution is 2.28. The summed E-state index contributed by atoms with van der Waals surface area (Å²) in [6, 6.07) is 17.1. The Kier molecular flexibility index (Phi) is 7.43. The maximum atomic E-state index is 13.7. The zero-order valence-electron chi connectivity index (χ0n) is 20.9. The van der Waals surface area contributed by atoms with Gasteiger partial charge in [0.25, 0.3) is 0 Å². The number of hydrogen-bond acceptors (Lipinski definition) is 5. The van der Waals surface area contributed by atoms with Crippen molar-refractivity contribution in [1.82, 2.24) is 20.0 Å². The van der Waals surface area contributed by atoms with E-state index in [2.05, 4.69) is 61.9 Å². The number of aromatic nitrogens is 2. The molecule has 196 valence electrons. The third kappa shape index (κ3) is 5.87. The van der Waals surface area contributed by atoms with Crippen LogP contribution < -0.4 is 10.6 Å². The number of H-pyrrole nitrogens is 1. The third-order valence-corrected chi connectivity index (χ3v) is 6.62. The van der Waals surface area contributed by atoms with Gasteiger partial charge in [0.2, 0.25) is 11.8 Å². The van der Waals surface area contributed by atoms with Crippen molar-refractivity contribution in [2.45, 2.75) is 13.0 Å². The van der Waals surface area contributed by atoms with Crippen LogP contribution in [0.2, 0.25) is 0 Å². The van der Waals surface area contributed by atoms with E-state index >= 15 is 0 Å². The summed E-state index contributed by atoms with van der Waals surface area (Å²) in [6.07, 6.45) is -0.553. The van der Waals surface area contributed by atoms with Gasteiger partial charge < -0.3 is 15.5 Å². The Bertz CT molecular complexity index is 1460. The van der Waals surface area contributed by atoms with E-state index in [4.69, 9.17) is 0 Å². The summed E-state index contributed by atoms with van der Waals surface area (Å²) < 4.78 is 27.1. The van der Waals surface area contributed by atoms with Gasteiger partial charge in [0.15, 0.2) is 11.6 Å². The molecule has 1 aliphatic heterocycles. The smallest absolute Gasteiger partial charge is 0.233 e. The van der Waals surface area contributed by atoms with Gasteiger partial charge in [-0.15, -0.1) is 0 Å². The van der Waals surface area contributed by atoms with Gasteiger partial charge >= 0.3 is 0 Å². The number of rotatable bonds is 7. The SMILES string of the molecule is CN1CCN(Cc2ccc(-c3n[nH]c4cc(NC(=O)CC(=O)Nc5cccc(F)c5F)ccc34)cc2)CC1. The first-order valence-electron chi connectivity index (χ1n) is 12.4. The summed E-state index contributed by atoms with van der Waals surface area (Å²) in [7, 11) is 2.15. The number of carbonyl (C=O) groups is 2. The molecule has 1 saturated heterocycles. The van der Waals surface area contributed by atoms with Crippen LogP contribution >= 0.6 is 0 Å². The number of likely N-dealkylation sites (N-methyl/N-ethyl adjacent to an activating group) is 1. The molecule has 4 aromatic rings. The summed E-state index contributed by atoms with van der Waals surface area (Å²) in [6.45, 7) is 5.23. The van der Waals surface area contributed by atoms with Crippen LogP contribution in [0.5, 0.6) is 0 Å². The van der Waals surface area contributed by atoms with Gasteiger partial charge in [-0.05, 0) is 42.9 Å². The minimum absolute atomic E-state index is 0.318. The quantitative estimate of drug-likeness (QED) is 0.319. The zero-order chi connectivity index (χ0) is 26.6. The number of benzene rings is 3. The first-order chi connectivity index (χ1) is 18.4. The van der Waals surface area contributed by atoms with Crippen LogP contribution in [0.3, 0.4) is 0 Å². The van der Waals surface area contributed by atoms with Gasteiger partial charge in [0, 0.05) is 49.4 Å². The van der Waals surface area contributed by atoms with E-state index < -0.39 is 29.9 Å². The van der Waals surface area contributed by atoms with Crippen molar-refractivity contribution < 1.29 is 18.4 Å². The van der Waals surface area contributed by atoms with Crippen molar-refractivity contribution in [2.75, 3.05) is 43.9 Å². The van der Waals surface area contributed by atoms with Crippen molar-refractivity contribution in [3.63, 3.8) is 0 Å². The molecule has 10 heteroatoms. The number of piperazine rings is 1. The number of amides is 2. The fourth-order valence-electron chi connectivity index (χ4n) is 4.50. The predicted octanol–water partition coefficient (Wildman–Crippen LogP) is 4.22. The van der Waals surface area contributed by atoms with Crippen LogP contribution in [0.15, 0.2) is 60.7 Å². The van der Waals surface area contributed by atoms with Crippen LogP contribution in [0.25, 0.3) is 22.2 Å². The molecular formula is C28H28F2N6O2. The molecule has 3 N–H and O–H groups in total. The molecule has 0 radical (unpaired) electrons. The predicted molar refractivity (Wildman–Crippen MR) is 143 cm³/mol. The highest BCUT2D eigenvalue weighted by atomic mass is 19.2. The molecule has 0 aliphatic carbocycles. The second kappa shape index (κ2) is 11.1. The van der Waals surface area contributed by atoms with Crippen LogP contribution in [0, 0.1) is 11.6 Å². The Labute approximate surface area is 218 Å². The summed E-state index contributed by atoms with van der Waals surface area (Å²) in [5.74, 6) is -3.60. The van der Waals surface area contributed by atoms with Gasteiger partial charge in [-0.1, -0.05) is 30.3 Å². The number of fused-ring (bicyclic) bond motifs is 1. The van der Waals surface area contributed by atoms with E-state index in [1.165, 1.54) is 17.7 Å². The maximum absolute atomic E-state index is 13.7. The first kappa shape index (κ1) is 25.5. The fraction of sp³-hybridized carbons (Fsp3) is 0.250. The monoisotopic (exact) mass is 518 g/mol. The van der Waals surface area contributed by atoms with E-state index in [1.807, 2.05) is 6.07 Å². The second-order valence-corrected chi connectivity index (χ2v) is 9.48. The number of aromatic amines is 1. The molecule has 38 heavy (non-hydrogen) atoms. The normalized spacial score (nSPS) is 14.5. The van der Waals surface area contributed by atoms with Crippen LogP contribution in [-0.2, 0) is 16.1 Å². The molecule has 0 bridgehead atoms. The number of anilines is 2. The molecule has 3 aromatic carbocycles. The molecule has 0 unspecified atom stereocenters. The molecular weight excluding hydrogens is 490 g/mol. The lowest BCUT2D eigenvalue weighted by Gasteiger charge is -2.32. The summed E-state index contributed by atoms with van der Waals surface area (Å²) in [4.78, 5) is 29.3. The average molecular weight is 519 g/mol. The van der Waals surface area contributed by atoms with E-state index in [0.29, 0.717) is 5.69 Å². The van der Waals surface area contributed by atoms with Gasteiger partial charge in [0.1, 0.15) is 6.42 Å². The Balaban J connectivity index is 1.20. The van der Waals surface area contributed by atoms with E-state index in [1.54, 1.807) is 12.1 Å². The van der Waals surface area contributed by atoms with Crippen molar-refractivity contribution in [1.29, 1.82) is 0 Å². The summed E-state index contributed by atoms with van der Waals surface area (Å²) in [5, 5.41) is 13.2. The zero-order valence-corrected chi connectivity index (χ0v) is 20.9. The molecule has 1 aliphatic rings. The molecule has 8 nitrogen and oxygen atoms in total. The van der Waals surface area contributed by atoms with Crippen molar-refractivity contribution in [2.24, 2.45) is 0 Å². The van der Waals surface area contributed by atoms with E-state index in [0.717, 1.165) is 61.0 Å². The van der Waals surface area contributed by atoms with Gasteiger partial charge in [-0.2, -0.15) is 5.10 Å². The molecule has 0 spiro atoms. The molecule has 2 heterocycles. The molecule has 2 amide bonds. The fourth-order valence-corrected chi connectivity index (χ4v) is 4.50. The summed E-state index contributed by atoms with van der Waals surface area (Å²) >= 11 is 0. The molecule has 1 fully saturated rings. The number of nitrogens with zero attached hydrogens (tertiary/aromatic N) is 3. The number of halogens is 2. The lowest BCUT2D eigenvalue weighted by molar-refractivity contribution is -0.123. The molecule has 1 aromatic heterocycles. The van der Waals surface area contributed by atoms with Crippen LogP contribution in [0.1, 0.15) is 12.0 Å². The van der Waals surface area contributed by atoms with Gasteiger partial charge in [-0.3, -0.25) is 19.6 Å². The molecule has 0 atom stereocenters. The third-order valence-electron chi connectivity index (χ3n) is 6.62. The van der Waals surface area contributed by atoms with Crippen LogP contribution in [0.4, 0.5) is 20.2 Å². The van der Waals surface area contributed by atoms with Gasteiger partial charge in [-0.25, -0.2) is 8.78 Å². The van der Waals surface area contributed by atoms with Crippen LogP contribution in [-0.4, -0.2) is 65.0 Å². The van der Waals surface area contributed by atoms with Crippen molar-refractivity contribution in [3.05, 3.63) is 77.9 Å². The molecule has 0 saturated carbocycles. The lowest BCUT2D eigenvalue weighted by atomic mass is 10.0. The number of nitrogens with one attached hydrogen (secondary N) is 3. The largest absolute Gasteiger partial charge is 0.326 e. The molecule has 5 rings (SSSR count). The number of carbonyl (C=O) groups excluding carboxylic acids is 2. The lowest BCUT2D eigenvalue weighted by Crippen LogP contribution is -2.43. The average Bonchev–Trinajstić information content (AvgIpc) is 3.32. The number of hydrogen-bond donors (Lipinski definition) is 3. The Morgan fingerprint density at radius 3 is 2.45 bits per heavy atom. The Morgan fingerprint density at radius 2 is 1.68 bits per heavy atom. The standard InChI is InChI=1S/C28H28F2N6O2/c1-35-11-13-36(14-12-35)17-18-5-7-19(8-6-18)28-21-10-9-20(15-24(21)33-34-28)31-25(37)16-26(38)32-23-4-2-3-22(29)27(23)30/h2-10,15H,11-14,16-17H2,1H3,(H,31,37)(H,32,38)(H,33,34). The minimum atomic E-state index is -1.17. The maximum Gasteiger partial charge on any atom is 0.233 e. The van der Waals surface area contributed by atoms with Crippen molar-refractivity contribution >= 4 is 34.1 Å². The van der Waals surface area contributed by atoms with Gasteiger partial charge in [0.05, 0.1) is 16.9 Å².